The van der Waals surface area contributed by atoms with E-state index in [0.29, 0.717) is 63.8 Å². The number of benzene rings is 1. The van der Waals surface area contributed by atoms with Gasteiger partial charge < -0.3 is 19.4 Å². The average molecular weight is 510 g/mol. The molecule has 12 heteroatoms. The number of hydrogen-bond donors (Lipinski definition) is 0. The molecular weight excluding hydrogens is 483 g/mol. The number of anilines is 1. The SMILES string of the molecule is CC(=O)N1CCN(C(=O)c2ccc(CSc3nc(N4CCOCC4)cc(C(F)(F)F)n3)cc2)CC1. The molecule has 0 radical (unpaired) electrons. The maximum absolute atomic E-state index is 13.4. The summed E-state index contributed by atoms with van der Waals surface area (Å²) < 4.78 is 45.5. The Morgan fingerprint density at radius 2 is 1.60 bits per heavy atom. The van der Waals surface area contributed by atoms with Crippen LogP contribution in [0.3, 0.4) is 0 Å². The van der Waals surface area contributed by atoms with Gasteiger partial charge in [-0.25, -0.2) is 9.97 Å². The summed E-state index contributed by atoms with van der Waals surface area (Å²) in [6.07, 6.45) is -4.57. The van der Waals surface area contributed by atoms with Crippen LogP contribution in [0.1, 0.15) is 28.5 Å². The Labute approximate surface area is 205 Å². The van der Waals surface area contributed by atoms with Gasteiger partial charge in [-0.3, -0.25) is 9.59 Å². The third-order valence-corrected chi connectivity index (χ3v) is 6.82. The molecule has 35 heavy (non-hydrogen) atoms. The number of piperazine rings is 1. The number of rotatable bonds is 5. The first-order chi connectivity index (χ1) is 16.7. The Balaban J connectivity index is 1.40. The van der Waals surface area contributed by atoms with Crippen LogP contribution < -0.4 is 4.90 Å². The Kier molecular flexibility index (Phi) is 7.80. The molecule has 8 nitrogen and oxygen atoms in total. The third-order valence-electron chi connectivity index (χ3n) is 5.90. The van der Waals surface area contributed by atoms with Gasteiger partial charge in [-0.2, -0.15) is 13.2 Å². The molecule has 4 rings (SSSR count). The zero-order chi connectivity index (χ0) is 25.0. The number of carbonyl (C=O) groups excluding carboxylic acids is 2. The molecule has 2 amide bonds. The number of hydrogen-bond acceptors (Lipinski definition) is 7. The van der Waals surface area contributed by atoms with Gasteiger partial charge in [-0.05, 0) is 17.7 Å². The molecule has 0 unspecified atom stereocenters. The topological polar surface area (TPSA) is 78.9 Å². The maximum atomic E-state index is 13.4. The van der Waals surface area contributed by atoms with Gasteiger partial charge in [-0.15, -0.1) is 0 Å². The summed E-state index contributed by atoms with van der Waals surface area (Å²) in [6, 6.07) is 7.96. The van der Waals surface area contributed by atoms with Crippen molar-refractivity contribution < 1.29 is 27.5 Å². The monoisotopic (exact) mass is 509 g/mol. The lowest BCUT2D eigenvalue weighted by Crippen LogP contribution is -2.50. The minimum atomic E-state index is -4.57. The molecule has 0 saturated carbocycles. The highest BCUT2D eigenvalue weighted by molar-refractivity contribution is 7.98. The van der Waals surface area contributed by atoms with Gasteiger partial charge in [0, 0.05) is 63.6 Å². The number of amides is 2. The zero-order valence-electron chi connectivity index (χ0n) is 19.3. The molecule has 2 aliphatic rings. The van der Waals surface area contributed by atoms with Gasteiger partial charge >= 0.3 is 6.18 Å². The molecule has 1 aromatic carbocycles. The van der Waals surface area contributed by atoms with E-state index in [1.54, 1.807) is 39.0 Å². The number of carbonyl (C=O) groups is 2. The third kappa shape index (κ3) is 6.43. The van der Waals surface area contributed by atoms with Crippen LogP contribution in [-0.2, 0) is 21.5 Å². The second-order valence-electron chi connectivity index (χ2n) is 8.28. The van der Waals surface area contributed by atoms with Crippen LogP contribution >= 0.6 is 11.8 Å². The van der Waals surface area contributed by atoms with Crippen molar-refractivity contribution in [3.05, 3.63) is 47.2 Å². The first-order valence-corrected chi connectivity index (χ1v) is 12.2. The van der Waals surface area contributed by atoms with Crippen molar-refractivity contribution in [3.8, 4) is 0 Å². The molecule has 1 aromatic heterocycles. The first-order valence-electron chi connectivity index (χ1n) is 11.3. The predicted molar refractivity (Wildman–Crippen MR) is 124 cm³/mol. The van der Waals surface area contributed by atoms with Crippen molar-refractivity contribution in [2.45, 2.75) is 24.0 Å². The van der Waals surface area contributed by atoms with E-state index in [2.05, 4.69) is 9.97 Å². The summed E-state index contributed by atoms with van der Waals surface area (Å²) in [5.41, 5.74) is 0.393. The summed E-state index contributed by atoms with van der Waals surface area (Å²) in [5, 5.41) is 0.0461. The molecule has 2 saturated heterocycles. The van der Waals surface area contributed by atoms with E-state index in [1.165, 1.54) is 6.92 Å². The number of halogens is 3. The van der Waals surface area contributed by atoms with Crippen LogP contribution in [0.25, 0.3) is 0 Å². The van der Waals surface area contributed by atoms with Gasteiger partial charge in [0.25, 0.3) is 5.91 Å². The van der Waals surface area contributed by atoms with Gasteiger partial charge in [0.15, 0.2) is 10.9 Å². The second kappa shape index (κ2) is 10.8. The molecule has 188 valence electrons. The molecule has 0 atom stereocenters. The molecule has 3 heterocycles. The summed E-state index contributed by atoms with van der Waals surface area (Å²) in [6.45, 7) is 5.31. The fraction of sp³-hybridized carbons (Fsp3) is 0.478. The number of ether oxygens (including phenoxy) is 1. The Morgan fingerprint density at radius 3 is 2.20 bits per heavy atom. The Morgan fingerprint density at radius 1 is 0.971 bits per heavy atom. The van der Waals surface area contributed by atoms with Gasteiger partial charge in [0.1, 0.15) is 5.82 Å². The lowest BCUT2D eigenvalue weighted by atomic mass is 10.1. The molecule has 0 spiro atoms. The van der Waals surface area contributed by atoms with E-state index in [9.17, 15) is 22.8 Å². The van der Waals surface area contributed by atoms with Gasteiger partial charge in [0.2, 0.25) is 5.91 Å². The smallest absolute Gasteiger partial charge is 0.378 e. The highest BCUT2D eigenvalue weighted by atomic mass is 32.2. The van der Waals surface area contributed by atoms with E-state index in [-0.39, 0.29) is 22.8 Å². The highest BCUT2D eigenvalue weighted by Crippen LogP contribution is 2.32. The summed E-state index contributed by atoms with van der Waals surface area (Å²) in [5.74, 6) is 0.490. The van der Waals surface area contributed by atoms with Crippen LogP contribution in [0.4, 0.5) is 19.0 Å². The number of thioether (sulfide) groups is 1. The first kappa shape index (κ1) is 25.2. The maximum Gasteiger partial charge on any atom is 0.433 e. The fourth-order valence-corrected chi connectivity index (χ4v) is 4.68. The quantitative estimate of drug-likeness (QED) is 0.453. The van der Waals surface area contributed by atoms with Crippen LogP contribution in [0, 0.1) is 0 Å². The molecule has 2 aromatic rings. The summed E-state index contributed by atoms with van der Waals surface area (Å²) >= 11 is 1.11. The Bertz CT molecular complexity index is 1050. The van der Waals surface area contributed by atoms with Crippen molar-refractivity contribution >= 4 is 29.4 Å². The van der Waals surface area contributed by atoms with E-state index in [4.69, 9.17) is 4.74 Å². The average Bonchev–Trinajstić information content (AvgIpc) is 2.87. The van der Waals surface area contributed by atoms with Crippen LogP contribution in [0.15, 0.2) is 35.5 Å². The largest absolute Gasteiger partial charge is 0.433 e. The van der Waals surface area contributed by atoms with Crippen molar-refractivity contribution in [2.24, 2.45) is 0 Å². The number of morpholine rings is 1. The van der Waals surface area contributed by atoms with Gasteiger partial charge in [-0.1, -0.05) is 23.9 Å². The second-order valence-corrected chi connectivity index (χ2v) is 9.22. The lowest BCUT2D eigenvalue weighted by Gasteiger charge is -2.34. The van der Waals surface area contributed by atoms with E-state index < -0.39 is 11.9 Å². The fourth-order valence-electron chi connectivity index (χ4n) is 3.88. The normalized spacial score (nSPS) is 17.0. The minimum Gasteiger partial charge on any atom is -0.378 e. The zero-order valence-corrected chi connectivity index (χ0v) is 20.1. The predicted octanol–water partition coefficient (Wildman–Crippen LogP) is 2.93. The van der Waals surface area contributed by atoms with Gasteiger partial charge in [0.05, 0.1) is 13.2 Å². The molecular formula is C23H26F3N5O3S. The lowest BCUT2D eigenvalue weighted by molar-refractivity contribution is -0.141. The molecule has 0 N–H and O–H groups in total. The number of nitrogens with zero attached hydrogens (tertiary/aromatic N) is 5. The van der Waals surface area contributed by atoms with E-state index >= 15 is 0 Å². The Hall–Kier alpha value is -2.86. The van der Waals surface area contributed by atoms with Crippen LogP contribution in [0.2, 0.25) is 0 Å². The van der Waals surface area contributed by atoms with Crippen molar-refractivity contribution in [3.63, 3.8) is 0 Å². The van der Waals surface area contributed by atoms with Crippen LogP contribution in [-0.4, -0.2) is 84.1 Å². The molecule has 2 aliphatic heterocycles. The van der Waals surface area contributed by atoms with Crippen molar-refractivity contribution in [1.29, 1.82) is 0 Å². The van der Waals surface area contributed by atoms with Crippen LogP contribution in [0.5, 0.6) is 0 Å². The number of aromatic nitrogens is 2. The number of alkyl halides is 3. The standard InChI is InChI=1S/C23H26F3N5O3S/c1-16(32)29-6-8-31(9-7-29)21(33)18-4-2-17(3-5-18)15-35-22-27-19(23(24,25)26)14-20(28-22)30-10-12-34-13-11-30/h2-5,14H,6-13,15H2,1H3. The van der Waals surface area contributed by atoms with Crippen molar-refractivity contribution in [2.75, 3.05) is 57.4 Å². The van der Waals surface area contributed by atoms with Crippen molar-refractivity contribution in [1.82, 2.24) is 19.8 Å². The molecule has 0 bridgehead atoms. The van der Waals surface area contributed by atoms with E-state index in [0.717, 1.165) is 23.4 Å². The minimum absolute atomic E-state index is 0.000711. The van der Waals surface area contributed by atoms with E-state index in [1.807, 2.05) is 0 Å². The molecule has 0 aliphatic carbocycles. The highest BCUT2D eigenvalue weighted by Gasteiger charge is 2.34. The summed E-state index contributed by atoms with van der Waals surface area (Å²) in [7, 11) is 0. The summed E-state index contributed by atoms with van der Waals surface area (Å²) in [4.78, 5) is 37.5. The molecule has 2 fully saturated rings.